The first-order valence-corrected chi connectivity index (χ1v) is 5.83. The third-order valence-electron chi connectivity index (χ3n) is 2.92. The molecule has 2 aromatic heterocycles. The van der Waals surface area contributed by atoms with Crippen LogP contribution in [-0.2, 0) is 0 Å². The summed E-state index contributed by atoms with van der Waals surface area (Å²) in [6.45, 7) is 8.10. The first-order chi connectivity index (χ1) is 8.08. The standard InChI is InChI=1S/C14H18N2O/c1-9-8-13(12(4)17-9)10(2)16-14-6-5-7-15-11(14)3/h5-8,10,16H,1-4H3. The van der Waals surface area contributed by atoms with Gasteiger partial charge in [0.1, 0.15) is 11.5 Å². The summed E-state index contributed by atoms with van der Waals surface area (Å²) in [6, 6.07) is 6.28. The topological polar surface area (TPSA) is 38.1 Å². The van der Waals surface area contributed by atoms with Gasteiger partial charge < -0.3 is 9.73 Å². The zero-order valence-electron chi connectivity index (χ0n) is 10.7. The number of aromatic nitrogens is 1. The van der Waals surface area contributed by atoms with Gasteiger partial charge in [-0.3, -0.25) is 4.98 Å². The zero-order valence-corrected chi connectivity index (χ0v) is 10.7. The molecule has 3 heteroatoms. The van der Waals surface area contributed by atoms with Crippen LogP contribution in [0.15, 0.2) is 28.8 Å². The zero-order chi connectivity index (χ0) is 12.4. The summed E-state index contributed by atoms with van der Waals surface area (Å²) < 4.78 is 5.55. The Kier molecular flexibility index (Phi) is 3.18. The van der Waals surface area contributed by atoms with Crippen LogP contribution >= 0.6 is 0 Å². The van der Waals surface area contributed by atoms with Gasteiger partial charge in [0.25, 0.3) is 0 Å². The SMILES string of the molecule is Cc1cc(C(C)Nc2cccnc2C)c(C)o1. The molecule has 2 rings (SSSR count). The van der Waals surface area contributed by atoms with Crippen molar-refractivity contribution in [3.8, 4) is 0 Å². The van der Waals surface area contributed by atoms with Crippen molar-refractivity contribution in [2.24, 2.45) is 0 Å². The summed E-state index contributed by atoms with van der Waals surface area (Å²) in [5.41, 5.74) is 3.28. The Morgan fingerprint density at radius 1 is 1.29 bits per heavy atom. The Morgan fingerprint density at radius 3 is 2.65 bits per heavy atom. The maximum Gasteiger partial charge on any atom is 0.106 e. The lowest BCUT2D eigenvalue weighted by atomic mass is 10.1. The highest BCUT2D eigenvalue weighted by atomic mass is 16.3. The molecule has 0 aromatic carbocycles. The van der Waals surface area contributed by atoms with Crippen molar-refractivity contribution in [2.45, 2.75) is 33.7 Å². The number of anilines is 1. The third kappa shape index (κ3) is 2.49. The van der Waals surface area contributed by atoms with Gasteiger partial charge in [-0.15, -0.1) is 0 Å². The molecule has 2 heterocycles. The summed E-state index contributed by atoms with van der Waals surface area (Å²) in [4.78, 5) is 4.27. The van der Waals surface area contributed by atoms with Gasteiger partial charge in [-0.25, -0.2) is 0 Å². The number of nitrogens with one attached hydrogen (secondary N) is 1. The number of hydrogen-bond acceptors (Lipinski definition) is 3. The summed E-state index contributed by atoms with van der Waals surface area (Å²) >= 11 is 0. The summed E-state index contributed by atoms with van der Waals surface area (Å²) in [7, 11) is 0. The Hall–Kier alpha value is -1.77. The second kappa shape index (κ2) is 4.62. The molecule has 17 heavy (non-hydrogen) atoms. The van der Waals surface area contributed by atoms with Crippen LogP contribution in [0.3, 0.4) is 0 Å². The minimum absolute atomic E-state index is 0.218. The Morgan fingerprint density at radius 2 is 2.06 bits per heavy atom. The van der Waals surface area contributed by atoms with E-state index >= 15 is 0 Å². The van der Waals surface area contributed by atoms with E-state index < -0.39 is 0 Å². The highest BCUT2D eigenvalue weighted by Gasteiger charge is 2.13. The molecule has 3 nitrogen and oxygen atoms in total. The lowest BCUT2D eigenvalue weighted by molar-refractivity contribution is 0.500. The first-order valence-electron chi connectivity index (χ1n) is 5.83. The van der Waals surface area contributed by atoms with E-state index in [0.29, 0.717) is 0 Å². The molecule has 1 atom stereocenters. The molecule has 0 bridgehead atoms. The van der Waals surface area contributed by atoms with Crippen molar-refractivity contribution < 1.29 is 4.42 Å². The predicted octanol–water partition coefficient (Wildman–Crippen LogP) is 3.77. The molecule has 0 aliphatic rings. The smallest absolute Gasteiger partial charge is 0.106 e. The predicted molar refractivity (Wildman–Crippen MR) is 69.2 cm³/mol. The minimum Gasteiger partial charge on any atom is -0.466 e. The van der Waals surface area contributed by atoms with Crippen molar-refractivity contribution in [1.29, 1.82) is 0 Å². The van der Waals surface area contributed by atoms with Crippen LogP contribution in [0.5, 0.6) is 0 Å². The molecule has 1 unspecified atom stereocenters. The molecule has 0 fully saturated rings. The van der Waals surface area contributed by atoms with Gasteiger partial charge in [-0.05, 0) is 45.9 Å². The molecule has 0 amide bonds. The van der Waals surface area contributed by atoms with Crippen molar-refractivity contribution in [3.05, 3.63) is 47.2 Å². The number of furan rings is 1. The molecular weight excluding hydrogens is 212 g/mol. The van der Waals surface area contributed by atoms with Crippen LogP contribution in [-0.4, -0.2) is 4.98 Å². The van der Waals surface area contributed by atoms with Crippen LogP contribution in [0.25, 0.3) is 0 Å². The third-order valence-corrected chi connectivity index (χ3v) is 2.92. The van der Waals surface area contributed by atoms with Gasteiger partial charge in [-0.1, -0.05) is 0 Å². The van der Waals surface area contributed by atoms with Gasteiger partial charge in [0.05, 0.1) is 17.4 Å². The molecule has 0 aliphatic heterocycles. The van der Waals surface area contributed by atoms with Crippen LogP contribution in [0.4, 0.5) is 5.69 Å². The average Bonchev–Trinajstić information content (AvgIpc) is 2.61. The van der Waals surface area contributed by atoms with Crippen LogP contribution < -0.4 is 5.32 Å². The van der Waals surface area contributed by atoms with Crippen molar-refractivity contribution in [2.75, 3.05) is 5.32 Å². The molecule has 2 aromatic rings. The minimum atomic E-state index is 0.218. The Bertz CT molecular complexity index is 517. The first kappa shape index (κ1) is 11.7. The lowest BCUT2D eigenvalue weighted by Gasteiger charge is -2.15. The highest BCUT2D eigenvalue weighted by molar-refractivity contribution is 5.49. The highest BCUT2D eigenvalue weighted by Crippen LogP contribution is 2.25. The van der Waals surface area contributed by atoms with Crippen LogP contribution in [0, 0.1) is 20.8 Å². The second-order valence-electron chi connectivity index (χ2n) is 4.37. The largest absolute Gasteiger partial charge is 0.466 e. The number of aryl methyl sites for hydroxylation is 3. The van der Waals surface area contributed by atoms with Crippen LogP contribution in [0.2, 0.25) is 0 Å². The fourth-order valence-corrected chi connectivity index (χ4v) is 2.03. The normalized spacial score (nSPS) is 12.5. The van der Waals surface area contributed by atoms with E-state index in [1.165, 1.54) is 5.56 Å². The maximum atomic E-state index is 5.55. The van der Waals surface area contributed by atoms with Gasteiger partial charge in [0.15, 0.2) is 0 Å². The summed E-state index contributed by atoms with van der Waals surface area (Å²) in [5.74, 6) is 1.93. The molecule has 90 valence electrons. The molecule has 0 aliphatic carbocycles. The maximum absolute atomic E-state index is 5.55. The summed E-state index contributed by atoms with van der Waals surface area (Å²) in [6.07, 6.45) is 1.80. The second-order valence-corrected chi connectivity index (χ2v) is 4.37. The number of rotatable bonds is 3. The van der Waals surface area contributed by atoms with Gasteiger partial charge in [-0.2, -0.15) is 0 Å². The van der Waals surface area contributed by atoms with Gasteiger partial charge >= 0.3 is 0 Å². The quantitative estimate of drug-likeness (QED) is 0.872. The van der Waals surface area contributed by atoms with Crippen molar-refractivity contribution >= 4 is 5.69 Å². The molecule has 0 spiro atoms. The Labute approximate surface area is 102 Å². The average molecular weight is 230 g/mol. The molecular formula is C14H18N2O. The molecule has 0 radical (unpaired) electrons. The lowest BCUT2D eigenvalue weighted by Crippen LogP contribution is -2.08. The van der Waals surface area contributed by atoms with E-state index in [2.05, 4.69) is 23.3 Å². The van der Waals surface area contributed by atoms with E-state index in [1.807, 2.05) is 32.9 Å². The number of hydrogen-bond donors (Lipinski definition) is 1. The van der Waals surface area contributed by atoms with E-state index in [0.717, 1.165) is 22.9 Å². The van der Waals surface area contributed by atoms with Crippen molar-refractivity contribution in [3.63, 3.8) is 0 Å². The van der Waals surface area contributed by atoms with E-state index in [4.69, 9.17) is 4.42 Å². The fraction of sp³-hybridized carbons (Fsp3) is 0.357. The summed E-state index contributed by atoms with van der Waals surface area (Å²) in [5, 5.41) is 3.46. The van der Waals surface area contributed by atoms with Crippen molar-refractivity contribution in [1.82, 2.24) is 4.98 Å². The van der Waals surface area contributed by atoms with E-state index in [-0.39, 0.29) is 6.04 Å². The molecule has 0 saturated heterocycles. The number of pyridine rings is 1. The molecule has 0 saturated carbocycles. The monoisotopic (exact) mass is 230 g/mol. The molecule has 1 N–H and O–H groups in total. The fourth-order valence-electron chi connectivity index (χ4n) is 2.03. The van der Waals surface area contributed by atoms with Crippen LogP contribution in [0.1, 0.15) is 35.7 Å². The van der Waals surface area contributed by atoms with E-state index in [1.54, 1.807) is 6.20 Å². The van der Waals surface area contributed by atoms with Gasteiger partial charge in [0, 0.05) is 11.8 Å². The van der Waals surface area contributed by atoms with E-state index in [9.17, 15) is 0 Å². The number of nitrogens with zero attached hydrogens (tertiary/aromatic N) is 1. The van der Waals surface area contributed by atoms with Gasteiger partial charge in [0.2, 0.25) is 0 Å². The Balaban J connectivity index is 2.20.